The molecule has 5 nitrogen and oxygen atoms in total. The number of rotatable bonds is 2. The molecule has 2 aromatic heterocycles. The van der Waals surface area contributed by atoms with Crippen LogP contribution in [0.4, 0.5) is 0 Å². The van der Waals surface area contributed by atoms with Crippen LogP contribution in [0.2, 0.25) is 0 Å². The molecule has 0 spiro atoms. The molecule has 0 N–H and O–H groups in total. The van der Waals surface area contributed by atoms with Crippen molar-refractivity contribution >= 4 is 26.9 Å². The maximum Gasteiger partial charge on any atom is 0.162 e. The number of halogens is 1. The van der Waals surface area contributed by atoms with Gasteiger partial charge >= 0.3 is 0 Å². The highest BCUT2D eigenvalue weighted by Gasteiger charge is 2.14. The fraction of sp³-hybridized carbons (Fsp3) is 0.250. The molecule has 2 heterocycles. The van der Waals surface area contributed by atoms with Crippen molar-refractivity contribution < 1.29 is 4.42 Å². The van der Waals surface area contributed by atoms with Crippen LogP contribution >= 0.6 is 15.9 Å². The zero-order valence-corrected chi connectivity index (χ0v) is 11.6. The molecule has 0 saturated carbocycles. The van der Waals surface area contributed by atoms with Crippen LogP contribution in [-0.4, -0.2) is 20.2 Å². The quantitative estimate of drug-likeness (QED) is 0.730. The van der Waals surface area contributed by atoms with E-state index in [0.29, 0.717) is 6.54 Å². The first-order valence-electron chi connectivity index (χ1n) is 5.54. The fourth-order valence-corrected chi connectivity index (χ4v) is 2.47. The summed E-state index contributed by atoms with van der Waals surface area (Å²) in [5, 5.41) is 12.8. The van der Waals surface area contributed by atoms with Gasteiger partial charge in [0.1, 0.15) is 11.3 Å². The van der Waals surface area contributed by atoms with Crippen LogP contribution in [0.1, 0.15) is 16.9 Å². The summed E-state index contributed by atoms with van der Waals surface area (Å²) in [6, 6.07) is 4.04. The molecule has 0 fully saturated rings. The van der Waals surface area contributed by atoms with Gasteiger partial charge in [0.15, 0.2) is 6.33 Å². The third kappa shape index (κ3) is 1.73. The Bertz CT molecular complexity index is 703. The Hall–Kier alpha value is -1.69. The number of fused-ring (bicyclic) bond motifs is 1. The summed E-state index contributed by atoms with van der Waals surface area (Å²) in [6.45, 7) is 4.62. The second-order valence-electron chi connectivity index (χ2n) is 4.16. The van der Waals surface area contributed by atoms with E-state index < -0.39 is 0 Å². The van der Waals surface area contributed by atoms with Gasteiger partial charge in [0, 0.05) is 5.39 Å². The first-order valence-corrected chi connectivity index (χ1v) is 6.34. The number of aryl methyl sites for hydroxylation is 2. The standard InChI is InChI=1S/C12H11BrN4O/c1-7-8(2)18-12-10(13)4-3-9(11(7)12)5-17-15-6-14-16-17/h3-4,6H,5H2,1-2H3. The normalized spacial score (nSPS) is 11.3. The van der Waals surface area contributed by atoms with Gasteiger partial charge in [-0.05, 0) is 52.2 Å². The van der Waals surface area contributed by atoms with E-state index in [-0.39, 0.29) is 0 Å². The van der Waals surface area contributed by atoms with Gasteiger partial charge in [0.05, 0.1) is 11.0 Å². The molecule has 0 aliphatic rings. The average Bonchev–Trinajstić information content (AvgIpc) is 2.94. The van der Waals surface area contributed by atoms with Gasteiger partial charge in [-0.25, -0.2) is 0 Å². The van der Waals surface area contributed by atoms with Crippen molar-refractivity contribution in [2.24, 2.45) is 0 Å². The minimum atomic E-state index is 0.587. The number of aromatic nitrogens is 4. The molecule has 0 aliphatic heterocycles. The predicted octanol–water partition coefficient (Wildman–Crippen LogP) is 2.85. The van der Waals surface area contributed by atoms with E-state index in [9.17, 15) is 0 Å². The first-order chi connectivity index (χ1) is 8.66. The van der Waals surface area contributed by atoms with E-state index in [1.54, 1.807) is 4.80 Å². The summed E-state index contributed by atoms with van der Waals surface area (Å²) in [5.41, 5.74) is 3.16. The molecule has 0 bridgehead atoms. The molecule has 3 rings (SSSR count). The lowest BCUT2D eigenvalue weighted by molar-refractivity contribution is 0.569. The summed E-state index contributed by atoms with van der Waals surface area (Å²) in [4.78, 5) is 1.56. The van der Waals surface area contributed by atoms with Gasteiger partial charge in [-0.1, -0.05) is 6.07 Å². The lowest BCUT2D eigenvalue weighted by Gasteiger charge is -2.03. The second kappa shape index (κ2) is 4.20. The molecular formula is C12H11BrN4O. The van der Waals surface area contributed by atoms with Gasteiger partial charge in [0.25, 0.3) is 0 Å². The first kappa shape index (κ1) is 11.4. The SMILES string of the molecule is Cc1oc2c(Br)ccc(Cn3ncnn3)c2c1C. The smallest absolute Gasteiger partial charge is 0.162 e. The Morgan fingerprint density at radius 2 is 2.17 bits per heavy atom. The van der Waals surface area contributed by atoms with Crippen LogP contribution in [0, 0.1) is 13.8 Å². The highest BCUT2D eigenvalue weighted by molar-refractivity contribution is 9.10. The molecular weight excluding hydrogens is 296 g/mol. The molecule has 0 unspecified atom stereocenters. The van der Waals surface area contributed by atoms with Gasteiger partial charge < -0.3 is 4.42 Å². The molecule has 0 radical (unpaired) electrons. The summed E-state index contributed by atoms with van der Waals surface area (Å²) in [7, 11) is 0. The Kier molecular flexibility index (Phi) is 2.66. The maximum absolute atomic E-state index is 5.78. The number of benzene rings is 1. The highest BCUT2D eigenvalue weighted by Crippen LogP contribution is 2.33. The lowest BCUT2D eigenvalue weighted by atomic mass is 10.1. The fourth-order valence-electron chi connectivity index (χ4n) is 2.06. The second-order valence-corrected chi connectivity index (χ2v) is 5.01. The van der Waals surface area contributed by atoms with Gasteiger partial charge in [-0.2, -0.15) is 4.80 Å². The van der Waals surface area contributed by atoms with Crippen LogP contribution in [0.5, 0.6) is 0 Å². The van der Waals surface area contributed by atoms with Gasteiger partial charge in [-0.3, -0.25) is 0 Å². The van der Waals surface area contributed by atoms with E-state index in [1.165, 1.54) is 6.33 Å². The zero-order valence-electron chi connectivity index (χ0n) is 10.0. The van der Waals surface area contributed by atoms with Crippen molar-refractivity contribution in [3.63, 3.8) is 0 Å². The van der Waals surface area contributed by atoms with Crippen molar-refractivity contribution in [3.8, 4) is 0 Å². The lowest BCUT2D eigenvalue weighted by Crippen LogP contribution is -2.04. The molecule has 1 aromatic carbocycles. The zero-order chi connectivity index (χ0) is 12.7. The third-order valence-electron chi connectivity index (χ3n) is 3.06. The van der Waals surface area contributed by atoms with E-state index in [0.717, 1.165) is 32.3 Å². The van der Waals surface area contributed by atoms with E-state index in [4.69, 9.17) is 4.42 Å². The topological polar surface area (TPSA) is 56.7 Å². The Morgan fingerprint density at radius 1 is 1.33 bits per heavy atom. The van der Waals surface area contributed by atoms with Crippen molar-refractivity contribution in [1.29, 1.82) is 0 Å². The molecule has 0 atom stereocenters. The molecule has 92 valence electrons. The van der Waals surface area contributed by atoms with E-state index in [1.807, 2.05) is 13.0 Å². The van der Waals surface area contributed by atoms with Crippen LogP contribution in [-0.2, 0) is 6.54 Å². The molecule has 0 amide bonds. The van der Waals surface area contributed by atoms with E-state index >= 15 is 0 Å². The predicted molar refractivity (Wildman–Crippen MR) is 70.3 cm³/mol. The number of hydrogen-bond donors (Lipinski definition) is 0. The van der Waals surface area contributed by atoms with Gasteiger partial charge in [-0.15, -0.1) is 10.2 Å². The Morgan fingerprint density at radius 3 is 2.89 bits per heavy atom. The molecule has 0 aliphatic carbocycles. The maximum atomic E-state index is 5.78. The minimum absolute atomic E-state index is 0.587. The largest absolute Gasteiger partial charge is 0.460 e. The van der Waals surface area contributed by atoms with Crippen LogP contribution in [0.3, 0.4) is 0 Å². The van der Waals surface area contributed by atoms with E-state index in [2.05, 4.69) is 44.3 Å². The number of nitrogens with zero attached hydrogens (tertiary/aromatic N) is 4. The summed E-state index contributed by atoms with van der Waals surface area (Å²) in [5.74, 6) is 0.935. The van der Waals surface area contributed by atoms with Gasteiger partial charge in [0.2, 0.25) is 0 Å². The van der Waals surface area contributed by atoms with Crippen LogP contribution in [0.25, 0.3) is 11.0 Å². The van der Waals surface area contributed by atoms with Crippen molar-refractivity contribution in [2.75, 3.05) is 0 Å². The van der Waals surface area contributed by atoms with Crippen LogP contribution in [0.15, 0.2) is 27.3 Å². The highest BCUT2D eigenvalue weighted by atomic mass is 79.9. The molecule has 0 saturated heterocycles. The third-order valence-corrected chi connectivity index (χ3v) is 3.68. The summed E-state index contributed by atoms with van der Waals surface area (Å²) < 4.78 is 6.74. The molecule has 6 heteroatoms. The molecule has 3 aromatic rings. The number of furan rings is 1. The van der Waals surface area contributed by atoms with Crippen LogP contribution < -0.4 is 0 Å². The average molecular weight is 307 g/mol. The minimum Gasteiger partial charge on any atom is -0.460 e. The van der Waals surface area contributed by atoms with Crippen molar-refractivity contribution in [2.45, 2.75) is 20.4 Å². The Labute approximate surface area is 112 Å². The summed E-state index contributed by atoms with van der Waals surface area (Å²) in [6.07, 6.45) is 1.43. The number of tetrazole rings is 1. The van der Waals surface area contributed by atoms with Crippen molar-refractivity contribution in [1.82, 2.24) is 20.2 Å². The Balaban J connectivity index is 2.20. The monoisotopic (exact) mass is 306 g/mol. The summed E-state index contributed by atoms with van der Waals surface area (Å²) >= 11 is 3.51. The van der Waals surface area contributed by atoms with Crippen molar-refractivity contribution in [3.05, 3.63) is 39.8 Å². The number of hydrogen-bond acceptors (Lipinski definition) is 4. The molecule has 18 heavy (non-hydrogen) atoms.